The number of hydrogen-bond acceptors (Lipinski definition) is 3. The van der Waals surface area contributed by atoms with E-state index >= 15 is 0 Å². The highest BCUT2D eigenvalue weighted by Crippen LogP contribution is 2.13. The molecule has 1 N–H and O–H groups in total. The first-order chi connectivity index (χ1) is 7.58. The van der Waals surface area contributed by atoms with E-state index in [0.29, 0.717) is 17.7 Å². The van der Waals surface area contributed by atoms with Crippen molar-refractivity contribution in [2.24, 2.45) is 0 Å². The average Bonchev–Trinajstić information content (AvgIpc) is 2.28. The normalized spacial score (nSPS) is 12.5. The van der Waals surface area contributed by atoms with Gasteiger partial charge in [0.1, 0.15) is 5.82 Å². The number of likely N-dealkylation sites (N-methyl/N-ethyl adjacent to an activating group) is 1. The molecular formula is C12H15FN2O. The van der Waals surface area contributed by atoms with Gasteiger partial charge in [-0.2, -0.15) is 5.26 Å². The Hall–Kier alpha value is -1.44. The minimum atomic E-state index is -0.348. The third-order valence-corrected chi connectivity index (χ3v) is 2.62. The maximum absolute atomic E-state index is 13.0. The zero-order valence-corrected chi connectivity index (χ0v) is 9.44. The first-order valence-electron chi connectivity index (χ1n) is 5.08. The van der Waals surface area contributed by atoms with E-state index in [2.05, 4.69) is 0 Å². The van der Waals surface area contributed by atoms with Crippen molar-refractivity contribution in [1.29, 1.82) is 5.26 Å². The SMILES string of the molecule is CC(CO)N(C)Cc1cc(F)ccc1C#N. The predicted molar refractivity (Wildman–Crippen MR) is 59.1 cm³/mol. The predicted octanol–water partition coefficient (Wildman–Crippen LogP) is 1.51. The second-order valence-corrected chi connectivity index (χ2v) is 3.86. The molecule has 1 unspecified atom stereocenters. The summed E-state index contributed by atoms with van der Waals surface area (Å²) in [6, 6.07) is 6.12. The first-order valence-corrected chi connectivity index (χ1v) is 5.08. The highest BCUT2D eigenvalue weighted by molar-refractivity contribution is 5.37. The number of nitriles is 1. The van der Waals surface area contributed by atoms with Crippen LogP contribution in [-0.2, 0) is 6.54 Å². The van der Waals surface area contributed by atoms with Gasteiger partial charge in [0.15, 0.2) is 0 Å². The van der Waals surface area contributed by atoms with Gasteiger partial charge in [0, 0.05) is 12.6 Å². The molecule has 0 amide bonds. The van der Waals surface area contributed by atoms with Crippen LogP contribution in [0.1, 0.15) is 18.1 Å². The standard InChI is InChI=1S/C12H15FN2O/c1-9(8-16)15(2)7-11-5-12(13)4-3-10(11)6-14/h3-5,9,16H,7-8H2,1-2H3. The number of aliphatic hydroxyl groups excluding tert-OH is 1. The lowest BCUT2D eigenvalue weighted by Gasteiger charge is -2.23. The smallest absolute Gasteiger partial charge is 0.123 e. The van der Waals surface area contributed by atoms with Crippen LogP contribution in [0.3, 0.4) is 0 Å². The fourth-order valence-electron chi connectivity index (χ4n) is 1.37. The van der Waals surface area contributed by atoms with Gasteiger partial charge in [-0.25, -0.2) is 4.39 Å². The van der Waals surface area contributed by atoms with E-state index in [-0.39, 0.29) is 18.5 Å². The molecule has 1 aromatic rings. The molecule has 0 heterocycles. The van der Waals surface area contributed by atoms with Gasteiger partial charge in [-0.1, -0.05) is 0 Å². The third kappa shape index (κ3) is 3.02. The molecule has 3 nitrogen and oxygen atoms in total. The minimum Gasteiger partial charge on any atom is -0.395 e. The quantitative estimate of drug-likeness (QED) is 0.840. The van der Waals surface area contributed by atoms with Crippen molar-refractivity contribution in [3.8, 4) is 6.07 Å². The molecule has 4 heteroatoms. The molecule has 0 aliphatic heterocycles. The van der Waals surface area contributed by atoms with Gasteiger partial charge in [0.25, 0.3) is 0 Å². The molecule has 0 fully saturated rings. The van der Waals surface area contributed by atoms with Gasteiger partial charge >= 0.3 is 0 Å². The summed E-state index contributed by atoms with van der Waals surface area (Å²) in [5, 5.41) is 17.9. The zero-order chi connectivity index (χ0) is 12.1. The summed E-state index contributed by atoms with van der Waals surface area (Å²) in [5.74, 6) is -0.348. The van der Waals surface area contributed by atoms with E-state index in [4.69, 9.17) is 10.4 Å². The Balaban J connectivity index is 2.88. The summed E-state index contributed by atoms with van der Waals surface area (Å²) < 4.78 is 13.0. The van der Waals surface area contributed by atoms with Crippen molar-refractivity contribution >= 4 is 0 Å². The van der Waals surface area contributed by atoms with Gasteiger partial charge in [-0.05, 0) is 37.7 Å². The highest BCUT2D eigenvalue weighted by Gasteiger charge is 2.11. The minimum absolute atomic E-state index is 0.0187. The Morgan fingerprint density at radius 3 is 2.81 bits per heavy atom. The van der Waals surface area contributed by atoms with Crippen LogP contribution < -0.4 is 0 Å². The van der Waals surface area contributed by atoms with E-state index in [1.165, 1.54) is 18.2 Å². The topological polar surface area (TPSA) is 47.3 Å². The van der Waals surface area contributed by atoms with Crippen LogP contribution in [0.4, 0.5) is 4.39 Å². The number of aliphatic hydroxyl groups is 1. The van der Waals surface area contributed by atoms with Crippen LogP contribution in [-0.4, -0.2) is 29.7 Å². The lowest BCUT2D eigenvalue weighted by molar-refractivity contribution is 0.154. The number of halogens is 1. The Bertz CT molecular complexity index is 400. The number of hydrogen-bond donors (Lipinski definition) is 1. The second kappa shape index (κ2) is 5.59. The first kappa shape index (κ1) is 12.6. The molecule has 0 saturated carbocycles. The van der Waals surface area contributed by atoms with Crippen LogP contribution in [0.5, 0.6) is 0 Å². The molecule has 0 aliphatic rings. The van der Waals surface area contributed by atoms with Gasteiger partial charge in [-0.3, -0.25) is 4.90 Å². The summed E-state index contributed by atoms with van der Waals surface area (Å²) in [6.45, 7) is 2.35. The molecule has 0 radical (unpaired) electrons. The van der Waals surface area contributed by atoms with Crippen LogP contribution in [0, 0.1) is 17.1 Å². The number of rotatable bonds is 4. The Kier molecular flexibility index (Phi) is 4.41. The molecule has 86 valence electrons. The monoisotopic (exact) mass is 222 g/mol. The molecule has 0 aromatic heterocycles. The molecule has 0 aliphatic carbocycles. The van der Waals surface area contributed by atoms with Gasteiger partial charge in [0.05, 0.1) is 18.2 Å². The molecule has 1 rings (SSSR count). The van der Waals surface area contributed by atoms with Crippen molar-refractivity contribution in [3.63, 3.8) is 0 Å². The lowest BCUT2D eigenvalue weighted by Crippen LogP contribution is -2.31. The van der Waals surface area contributed by atoms with Crippen molar-refractivity contribution in [2.45, 2.75) is 19.5 Å². The number of nitrogens with zero attached hydrogens (tertiary/aromatic N) is 2. The van der Waals surface area contributed by atoms with Crippen molar-refractivity contribution in [2.75, 3.05) is 13.7 Å². The van der Waals surface area contributed by atoms with E-state index in [1.54, 1.807) is 0 Å². The Morgan fingerprint density at radius 2 is 2.25 bits per heavy atom. The summed E-state index contributed by atoms with van der Waals surface area (Å²) >= 11 is 0. The molecule has 1 atom stereocenters. The largest absolute Gasteiger partial charge is 0.395 e. The van der Waals surface area contributed by atoms with Crippen LogP contribution >= 0.6 is 0 Å². The molecule has 0 bridgehead atoms. The van der Waals surface area contributed by atoms with E-state index in [0.717, 1.165) is 0 Å². The van der Waals surface area contributed by atoms with Gasteiger partial charge < -0.3 is 5.11 Å². The van der Waals surface area contributed by atoms with E-state index < -0.39 is 0 Å². The maximum atomic E-state index is 13.0. The lowest BCUT2D eigenvalue weighted by atomic mass is 10.1. The van der Waals surface area contributed by atoms with Crippen LogP contribution in [0.15, 0.2) is 18.2 Å². The van der Waals surface area contributed by atoms with E-state index in [1.807, 2.05) is 24.9 Å². The fourth-order valence-corrected chi connectivity index (χ4v) is 1.37. The Morgan fingerprint density at radius 1 is 1.56 bits per heavy atom. The number of benzene rings is 1. The summed E-state index contributed by atoms with van der Waals surface area (Å²) in [4.78, 5) is 1.87. The highest BCUT2D eigenvalue weighted by atomic mass is 19.1. The van der Waals surface area contributed by atoms with Crippen molar-refractivity contribution < 1.29 is 9.50 Å². The molecule has 0 spiro atoms. The van der Waals surface area contributed by atoms with Crippen molar-refractivity contribution in [1.82, 2.24) is 4.90 Å². The fraction of sp³-hybridized carbons (Fsp3) is 0.417. The molecular weight excluding hydrogens is 207 g/mol. The molecule has 16 heavy (non-hydrogen) atoms. The van der Waals surface area contributed by atoms with E-state index in [9.17, 15) is 4.39 Å². The summed E-state index contributed by atoms with van der Waals surface area (Å²) in [6.07, 6.45) is 0. The molecule has 1 aromatic carbocycles. The maximum Gasteiger partial charge on any atom is 0.123 e. The molecule has 0 saturated heterocycles. The second-order valence-electron chi connectivity index (χ2n) is 3.86. The Labute approximate surface area is 94.7 Å². The van der Waals surface area contributed by atoms with Crippen molar-refractivity contribution in [3.05, 3.63) is 35.1 Å². The zero-order valence-electron chi connectivity index (χ0n) is 9.44. The van der Waals surface area contributed by atoms with Gasteiger partial charge in [-0.15, -0.1) is 0 Å². The average molecular weight is 222 g/mol. The summed E-state index contributed by atoms with van der Waals surface area (Å²) in [5.41, 5.74) is 1.11. The summed E-state index contributed by atoms with van der Waals surface area (Å²) in [7, 11) is 1.83. The van der Waals surface area contributed by atoms with Gasteiger partial charge in [0.2, 0.25) is 0 Å². The third-order valence-electron chi connectivity index (χ3n) is 2.62. The van der Waals surface area contributed by atoms with Crippen LogP contribution in [0.2, 0.25) is 0 Å². The van der Waals surface area contributed by atoms with Crippen LogP contribution in [0.25, 0.3) is 0 Å².